The third-order valence-electron chi connectivity index (χ3n) is 2.41. The Hall–Kier alpha value is -2.19. The summed E-state index contributed by atoms with van der Waals surface area (Å²) < 4.78 is 18.4. The maximum absolute atomic E-state index is 13.1. The molecular weight excluding hydrogens is 247 g/mol. The van der Waals surface area contributed by atoms with E-state index in [4.69, 9.17) is 10.00 Å². The van der Waals surface area contributed by atoms with E-state index >= 15 is 0 Å². The van der Waals surface area contributed by atoms with Gasteiger partial charge in [-0.15, -0.1) is 6.58 Å². The highest BCUT2D eigenvalue weighted by molar-refractivity contribution is 5.94. The lowest BCUT2D eigenvalue weighted by atomic mass is 10.2. The van der Waals surface area contributed by atoms with Crippen molar-refractivity contribution < 1.29 is 13.9 Å². The van der Waals surface area contributed by atoms with Crippen LogP contribution in [0, 0.1) is 17.1 Å². The molecule has 0 aliphatic carbocycles. The van der Waals surface area contributed by atoms with Gasteiger partial charge in [-0.25, -0.2) is 4.39 Å². The van der Waals surface area contributed by atoms with E-state index in [-0.39, 0.29) is 11.5 Å². The molecule has 5 heteroatoms. The number of anilines is 1. The van der Waals surface area contributed by atoms with Crippen LogP contribution < -0.4 is 5.32 Å². The molecule has 0 aliphatic rings. The number of amides is 1. The zero-order valence-electron chi connectivity index (χ0n) is 10.6. The van der Waals surface area contributed by atoms with Crippen molar-refractivity contribution in [3.05, 3.63) is 42.2 Å². The normalized spacial score (nSPS) is 11.4. The Morgan fingerprint density at radius 3 is 3.05 bits per heavy atom. The van der Waals surface area contributed by atoms with Gasteiger partial charge in [0.1, 0.15) is 18.0 Å². The lowest BCUT2D eigenvalue weighted by Gasteiger charge is -2.13. The lowest BCUT2D eigenvalue weighted by Crippen LogP contribution is -2.28. The van der Waals surface area contributed by atoms with Gasteiger partial charge in [0.25, 0.3) is 5.91 Å². The van der Waals surface area contributed by atoms with Crippen LogP contribution in [-0.2, 0) is 9.53 Å². The van der Waals surface area contributed by atoms with Crippen LogP contribution in [0.2, 0.25) is 0 Å². The van der Waals surface area contributed by atoms with Gasteiger partial charge in [-0.3, -0.25) is 4.79 Å². The number of benzene rings is 1. The third kappa shape index (κ3) is 4.53. The summed E-state index contributed by atoms with van der Waals surface area (Å²) in [6.45, 7) is 5.58. The Morgan fingerprint density at radius 1 is 1.68 bits per heavy atom. The molecular formula is C14H15FN2O2. The number of rotatable bonds is 6. The molecule has 1 N–H and O–H groups in total. The van der Waals surface area contributed by atoms with Gasteiger partial charge in [0.05, 0.1) is 12.2 Å². The number of halogens is 1. The fourth-order valence-corrected chi connectivity index (χ4v) is 1.34. The molecule has 0 saturated carbocycles. The molecule has 19 heavy (non-hydrogen) atoms. The minimum atomic E-state index is -0.629. The summed E-state index contributed by atoms with van der Waals surface area (Å²) in [6.07, 6.45) is 1.73. The van der Waals surface area contributed by atoms with Gasteiger partial charge in [0.15, 0.2) is 0 Å². The van der Waals surface area contributed by atoms with Crippen molar-refractivity contribution in [1.29, 1.82) is 5.26 Å². The summed E-state index contributed by atoms with van der Waals surface area (Å²) in [5.74, 6) is -0.963. The second-order valence-electron chi connectivity index (χ2n) is 3.89. The number of carbonyl (C=O) groups excluding carboxylic acids is 1. The first kappa shape index (κ1) is 14.9. The summed E-state index contributed by atoms with van der Waals surface area (Å²) >= 11 is 0. The topological polar surface area (TPSA) is 62.1 Å². The Labute approximate surface area is 111 Å². The molecule has 1 aromatic rings. The van der Waals surface area contributed by atoms with E-state index in [0.29, 0.717) is 18.7 Å². The largest absolute Gasteiger partial charge is 0.368 e. The number of nitrogens with one attached hydrogen (secondary N) is 1. The van der Waals surface area contributed by atoms with E-state index in [9.17, 15) is 9.18 Å². The quantitative estimate of drug-likeness (QED) is 0.633. The molecule has 1 aromatic carbocycles. The molecule has 0 spiro atoms. The minimum Gasteiger partial charge on any atom is -0.368 e. The number of hydrogen-bond acceptors (Lipinski definition) is 3. The number of hydrogen-bond donors (Lipinski definition) is 1. The zero-order valence-corrected chi connectivity index (χ0v) is 10.6. The second kappa shape index (κ2) is 7.29. The highest BCUT2D eigenvalue weighted by Crippen LogP contribution is 2.14. The predicted octanol–water partition coefficient (Wildman–Crippen LogP) is 2.62. The molecule has 0 fully saturated rings. The van der Waals surface area contributed by atoms with E-state index in [0.717, 1.165) is 6.07 Å². The van der Waals surface area contributed by atoms with Gasteiger partial charge in [-0.2, -0.15) is 5.26 Å². The van der Waals surface area contributed by atoms with Crippen molar-refractivity contribution in [3.8, 4) is 6.07 Å². The number of carbonyl (C=O) groups is 1. The van der Waals surface area contributed by atoms with Gasteiger partial charge >= 0.3 is 0 Å². The summed E-state index contributed by atoms with van der Waals surface area (Å²) in [5, 5.41) is 11.3. The maximum atomic E-state index is 13.1. The van der Waals surface area contributed by atoms with Crippen molar-refractivity contribution in [3.63, 3.8) is 0 Å². The van der Waals surface area contributed by atoms with Crippen LogP contribution in [-0.4, -0.2) is 18.6 Å². The number of nitrogens with zero attached hydrogens (tertiary/aromatic N) is 1. The van der Waals surface area contributed by atoms with Crippen LogP contribution in [0.15, 0.2) is 30.9 Å². The van der Waals surface area contributed by atoms with Crippen molar-refractivity contribution in [2.45, 2.75) is 19.4 Å². The van der Waals surface area contributed by atoms with Gasteiger partial charge in [0.2, 0.25) is 0 Å². The molecule has 100 valence electrons. The van der Waals surface area contributed by atoms with Crippen LogP contribution in [0.3, 0.4) is 0 Å². The first-order valence-electron chi connectivity index (χ1n) is 5.81. The fraction of sp³-hybridized carbons (Fsp3) is 0.286. The van der Waals surface area contributed by atoms with Crippen LogP contribution in [0.5, 0.6) is 0 Å². The third-order valence-corrected chi connectivity index (χ3v) is 2.41. The Kier molecular flexibility index (Phi) is 5.71. The Morgan fingerprint density at radius 2 is 2.42 bits per heavy atom. The van der Waals surface area contributed by atoms with Crippen LogP contribution in [0.25, 0.3) is 0 Å². The van der Waals surface area contributed by atoms with Crippen molar-refractivity contribution in [2.24, 2.45) is 0 Å². The highest BCUT2D eigenvalue weighted by atomic mass is 19.1. The molecule has 1 unspecified atom stereocenters. The molecule has 0 heterocycles. The summed E-state index contributed by atoms with van der Waals surface area (Å²) in [6, 6.07) is 5.52. The van der Waals surface area contributed by atoms with E-state index < -0.39 is 11.9 Å². The lowest BCUT2D eigenvalue weighted by molar-refractivity contribution is -0.126. The molecule has 0 aromatic heterocycles. The van der Waals surface area contributed by atoms with E-state index in [1.807, 2.05) is 0 Å². The SMILES string of the molecule is C=CCCOC(C)C(=O)Nc1ccc(F)c(C#N)c1. The standard InChI is InChI=1S/C14H15FN2O2/c1-3-4-7-19-10(2)14(18)17-12-5-6-13(15)11(8-12)9-16/h3,5-6,8,10H,1,4,7H2,2H3,(H,17,18). The van der Waals surface area contributed by atoms with Gasteiger partial charge in [-0.1, -0.05) is 6.08 Å². The van der Waals surface area contributed by atoms with Crippen LogP contribution in [0.4, 0.5) is 10.1 Å². The predicted molar refractivity (Wildman–Crippen MR) is 70.0 cm³/mol. The Balaban J connectivity index is 2.61. The molecule has 0 aliphatic heterocycles. The van der Waals surface area contributed by atoms with E-state index in [2.05, 4.69) is 11.9 Å². The van der Waals surface area contributed by atoms with Crippen LogP contribution in [0.1, 0.15) is 18.9 Å². The summed E-state index contributed by atoms with van der Waals surface area (Å²) in [5.41, 5.74) is 0.250. The minimum absolute atomic E-state index is 0.113. The monoisotopic (exact) mass is 262 g/mol. The first-order chi connectivity index (χ1) is 9.08. The maximum Gasteiger partial charge on any atom is 0.253 e. The average molecular weight is 262 g/mol. The Bertz CT molecular complexity index is 509. The fourth-order valence-electron chi connectivity index (χ4n) is 1.34. The highest BCUT2D eigenvalue weighted by Gasteiger charge is 2.13. The van der Waals surface area contributed by atoms with E-state index in [1.165, 1.54) is 12.1 Å². The zero-order chi connectivity index (χ0) is 14.3. The molecule has 1 atom stereocenters. The van der Waals surface area contributed by atoms with Crippen molar-refractivity contribution in [2.75, 3.05) is 11.9 Å². The smallest absolute Gasteiger partial charge is 0.253 e. The van der Waals surface area contributed by atoms with Crippen molar-refractivity contribution in [1.82, 2.24) is 0 Å². The molecule has 0 radical (unpaired) electrons. The molecule has 4 nitrogen and oxygen atoms in total. The van der Waals surface area contributed by atoms with Gasteiger partial charge < -0.3 is 10.1 Å². The summed E-state index contributed by atoms with van der Waals surface area (Å²) in [4.78, 5) is 11.8. The number of ether oxygens (including phenoxy) is 1. The molecule has 0 saturated heterocycles. The molecule has 1 rings (SSSR count). The number of nitriles is 1. The second-order valence-corrected chi connectivity index (χ2v) is 3.89. The average Bonchev–Trinajstić information content (AvgIpc) is 2.41. The molecule has 1 amide bonds. The molecule has 0 bridgehead atoms. The summed E-state index contributed by atoms with van der Waals surface area (Å²) in [7, 11) is 0. The van der Waals surface area contributed by atoms with Gasteiger partial charge in [-0.05, 0) is 31.5 Å². The van der Waals surface area contributed by atoms with Crippen LogP contribution >= 0.6 is 0 Å². The van der Waals surface area contributed by atoms with Crippen molar-refractivity contribution >= 4 is 11.6 Å². The van der Waals surface area contributed by atoms with E-state index in [1.54, 1.807) is 19.1 Å². The van der Waals surface area contributed by atoms with Gasteiger partial charge in [0, 0.05) is 5.69 Å². The first-order valence-corrected chi connectivity index (χ1v) is 5.81.